The van der Waals surface area contributed by atoms with Crippen molar-refractivity contribution in [1.82, 2.24) is 5.32 Å². The number of hydrogen-bond donors (Lipinski definition) is 1. The minimum absolute atomic E-state index is 0.102. The molecule has 0 bridgehead atoms. The van der Waals surface area contributed by atoms with Crippen molar-refractivity contribution in [3.8, 4) is 0 Å². The summed E-state index contributed by atoms with van der Waals surface area (Å²) in [6.45, 7) is 9.42. The Morgan fingerprint density at radius 3 is 2.95 bits per heavy atom. The lowest BCUT2D eigenvalue weighted by molar-refractivity contribution is 0.436. The summed E-state index contributed by atoms with van der Waals surface area (Å²) in [7, 11) is 0. The van der Waals surface area contributed by atoms with Gasteiger partial charge < -0.3 is 10.2 Å². The van der Waals surface area contributed by atoms with Gasteiger partial charge in [-0.15, -0.1) is 0 Å². The van der Waals surface area contributed by atoms with Crippen LogP contribution < -0.4 is 10.2 Å². The van der Waals surface area contributed by atoms with E-state index < -0.39 is 0 Å². The van der Waals surface area contributed by atoms with Crippen molar-refractivity contribution in [3.05, 3.63) is 29.6 Å². The van der Waals surface area contributed by atoms with E-state index in [1.807, 2.05) is 19.1 Å². The number of benzene rings is 1. The Hall–Kier alpha value is -1.09. The smallest absolute Gasteiger partial charge is 0.128 e. The van der Waals surface area contributed by atoms with Crippen molar-refractivity contribution in [2.24, 2.45) is 5.92 Å². The fourth-order valence-electron chi connectivity index (χ4n) is 2.88. The topological polar surface area (TPSA) is 15.3 Å². The molecule has 1 N–H and O–H groups in total. The predicted molar refractivity (Wildman–Crippen MR) is 79.2 cm³/mol. The van der Waals surface area contributed by atoms with E-state index in [9.17, 15) is 4.39 Å². The van der Waals surface area contributed by atoms with E-state index in [2.05, 4.69) is 24.1 Å². The van der Waals surface area contributed by atoms with Crippen molar-refractivity contribution >= 4 is 5.69 Å². The summed E-state index contributed by atoms with van der Waals surface area (Å²) in [4.78, 5) is 2.34. The molecule has 1 aliphatic heterocycles. The lowest BCUT2D eigenvalue weighted by Gasteiger charge is -2.28. The molecule has 19 heavy (non-hydrogen) atoms. The van der Waals surface area contributed by atoms with Crippen molar-refractivity contribution in [2.45, 2.75) is 39.7 Å². The van der Waals surface area contributed by atoms with Crippen LogP contribution in [0.5, 0.6) is 0 Å². The average molecular weight is 264 g/mol. The first-order valence-corrected chi connectivity index (χ1v) is 7.31. The number of hydrogen-bond acceptors (Lipinski definition) is 2. The van der Waals surface area contributed by atoms with Gasteiger partial charge in [0.05, 0.1) is 0 Å². The maximum Gasteiger partial charge on any atom is 0.128 e. The summed E-state index contributed by atoms with van der Waals surface area (Å²) in [5.41, 5.74) is 1.82. The van der Waals surface area contributed by atoms with E-state index >= 15 is 0 Å². The summed E-state index contributed by atoms with van der Waals surface area (Å²) in [5.74, 6) is 0.584. The van der Waals surface area contributed by atoms with Crippen LogP contribution in [0.2, 0.25) is 0 Å². The molecule has 1 saturated heterocycles. The maximum atomic E-state index is 13.7. The maximum absolute atomic E-state index is 13.7. The Balaban J connectivity index is 2.15. The fourth-order valence-corrected chi connectivity index (χ4v) is 2.88. The van der Waals surface area contributed by atoms with Gasteiger partial charge in [0.25, 0.3) is 0 Å². The monoisotopic (exact) mass is 264 g/mol. The van der Waals surface area contributed by atoms with Gasteiger partial charge in [0.1, 0.15) is 5.82 Å². The first-order chi connectivity index (χ1) is 9.08. The van der Waals surface area contributed by atoms with Gasteiger partial charge in [0.15, 0.2) is 0 Å². The molecule has 3 heteroatoms. The molecule has 0 aliphatic carbocycles. The zero-order chi connectivity index (χ0) is 13.8. The molecular formula is C16H25FN2. The molecule has 1 fully saturated rings. The standard InChI is InChI=1S/C16H25FN2/c1-12(2)10-14-11-19(9-5-8-18-14)16-7-4-6-15(17)13(16)3/h4,6-7,12,14,18H,5,8-11H2,1-3H3. The highest BCUT2D eigenvalue weighted by Gasteiger charge is 2.20. The van der Waals surface area contributed by atoms with Crippen LogP contribution in [0, 0.1) is 18.7 Å². The van der Waals surface area contributed by atoms with Crippen molar-refractivity contribution in [3.63, 3.8) is 0 Å². The molecule has 1 heterocycles. The first-order valence-electron chi connectivity index (χ1n) is 7.31. The fraction of sp³-hybridized carbons (Fsp3) is 0.625. The lowest BCUT2D eigenvalue weighted by Crippen LogP contribution is -2.38. The Morgan fingerprint density at radius 1 is 1.42 bits per heavy atom. The van der Waals surface area contributed by atoms with Gasteiger partial charge in [-0.1, -0.05) is 19.9 Å². The summed E-state index contributed by atoms with van der Waals surface area (Å²) < 4.78 is 13.7. The van der Waals surface area contributed by atoms with Gasteiger partial charge in [0, 0.05) is 30.4 Å². The second-order valence-electron chi connectivity index (χ2n) is 5.96. The van der Waals surface area contributed by atoms with Crippen LogP contribution in [0.3, 0.4) is 0 Å². The molecule has 0 amide bonds. The molecule has 1 atom stereocenters. The molecule has 0 saturated carbocycles. The summed E-state index contributed by atoms with van der Waals surface area (Å²) in [6.07, 6.45) is 2.29. The van der Waals surface area contributed by atoms with Gasteiger partial charge in [-0.2, -0.15) is 0 Å². The molecule has 0 aromatic heterocycles. The Morgan fingerprint density at radius 2 is 2.21 bits per heavy atom. The molecule has 1 aliphatic rings. The third-order valence-electron chi connectivity index (χ3n) is 3.81. The Bertz CT molecular complexity index is 417. The second kappa shape index (κ2) is 6.38. The molecule has 1 unspecified atom stereocenters. The molecule has 0 spiro atoms. The van der Waals surface area contributed by atoms with Gasteiger partial charge in [-0.25, -0.2) is 4.39 Å². The molecule has 1 aromatic carbocycles. The van der Waals surface area contributed by atoms with Gasteiger partial charge >= 0.3 is 0 Å². The highest BCUT2D eigenvalue weighted by molar-refractivity contribution is 5.53. The molecule has 2 nitrogen and oxygen atoms in total. The van der Waals surface area contributed by atoms with Crippen LogP contribution in [0.4, 0.5) is 10.1 Å². The Labute approximate surface area is 116 Å². The van der Waals surface area contributed by atoms with Crippen LogP contribution in [0.1, 0.15) is 32.3 Å². The normalized spacial score (nSPS) is 20.7. The number of rotatable bonds is 3. The Kier molecular flexibility index (Phi) is 4.81. The molecule has 106 valence electrons. The van der Waals surface area contributed by atoms with Crippen molar-refractivity contribution < 1.29 is 4.39 Å². The third-order valence-corrected chi connectivity index (χ3v) is 3.81. The minimum atomic E-state index is -0.102. The second-order valence-corrected chi connectivity index (χ2v) is 5.96. The van der Waals surface area contributed by atoms with Crippen LogP contribution in [-0.2, 0) is 0 Å². The SMILES string of the molecule is Cc1c(F)cccc1N1CCCNC(CC(C)C)C1. The molecule has 1 aromatic rings. The number of halogens is 1. The molecular weight excluding hydrogens is 239 g/mol. The summed E-state index contributed by atoms with van der Waals surface area (Å²) in [6, 6.07) is 5.90. The van der Waals surface area contributed by atoms with E-state index in [-0.39, 0.29) is 5.82 Å². The zero-order valence-corrected chi connectivity index (χ0v) is 12.2. The molecule has 0 radical (unpaired) electrons. The third kappa shape index (κ3) is 3.69. The van der Waals surface area contributed by atoms with Crippen LogP contribution >= 0.6 is 0 Å². The minimum Gasteiger partial charge on any atom is -0.370 e. The predicted octanol–water partition coefficient (Wildman–Crippen LogP) is 3.35. The number of nitrogens with zero attached hydrogens (tertiary/aromatic N) is 1. The number of anilines is 1. The van der Waals surface area contributed by atoms with Crippen molar-refractivity contribution in [2.75, 3.05) is 24.5 Å². The van der Waals surface area contributed by atoms with E-state index in [1.54, 1.807) is 6.07 Å². The molecule has 2 rings (SSSR count). The van der Waals surface area contributed by atoms with E-state index in [0.717, 1.165) is 37.3 Å². The van der Waals surface area contributed by atoms with E-state index in [0.29, 0.717) is 12.0 Å². The largest absolute Gasteiger partial charge is 0.370 e. The van der Waals surface area contributed by atoms with Crippen LogP contribution in [0.15, 0.2) is 18.2 Å². The van der Waals surface area contributed by atoms with Gasteiger partial charge in [-0.05, 0) is 44.4 Å². The number of nitrogens with one attached hydrogen (secondary N) is 1. The summed E-state index contributed by atoms with van der Waals surface area (Å²) in [5, 5.41) is 3.61. The summed E-state index contributed by atoms with van der Waals surface area (Å²) >= 11 is 0. The van der Waals surface area contributed by atoms with E-state index in [4.69, 9.17) is 0 Å². The first kappa shape index (κ1) is 14.3. The zero-order valence-electron chi connectivity index (χ0n) is 12.2. The van der Waals surface area contributed by atoms with E-state index in [1.165, 1.54) is 6.42 Å². The van der Waals surface area contributed by atoms with Crippen LogP contribution in [-0.4, -0.2) is 25.7 Å². The van der Waals surface area contributed by atoms with Gasteiger partial charge in [0.2, 0.25) is 0 Å². The van der Waals surface area contributed by atoms with Crippen LogP contribution in [0.25, 0.3) is 0 Å². The van der Waals surface area contributed by atoms with Crippen molar-refractivity contribution in [1.29, 1.82) is 0 Å². The quantitative estimate of drug-likeness (QED) is 0.900. The highest BCUT2D eigenvalue weighted by Crippen LogP contribution is 2.24. The van der Waals surface area contributed by atoms with Gasteiger partial charge in [-0.3, -0.25) is 0 Å². The lowest BCUT2D eigenvalue weighted by atomic mass is 10.0. The highest BCUT2D eigenvalue weighted by atomic mass is 19.1. The average Bonchev–Trinajstić information content (AvgIpc) is 2.57.